The van der Waals surface area contributed by atoms with Crippen LogP contribution in [0.15, 0.2) is 36.4 Å². The number of hydrogen-bond acceptors (Lipinski definition) is 1. The van der Waals surface area contributed by atoms with Gasteiger partial charge >= 0.3 is 0 Å². The molecule has 0 bridgehead atoms. The summed E-state index contributed by atoms with van der Waals surface area (Å²) in [6, 6.07) is 8.48. The summed E-state index contributed by atoms with van der Waals surface area (Å²) in [7, 11) is 0. The van der Waals surface area contributed by atoms with E-state index in [-0.39, 0.29) is 17.8 Å². The first-order chi connectivity index (χ1) is 8.97. The van der Waals surface area contributed by atoms with Gasteiger partial charge in [-0.2, -0.15) is 0 Å². The maximum atomic E-state index is 13.1. The predicted octanol–water partition coefficient (Wildman–Crippen LogP) is 4.35. The number of Topliss-reactive ketones (excluding diaryl/α,β-unsaturated/α-hetero) is 1. The third kappa shape index (κ3) is 3.18. The molecule has 19 heavy (non-hydrogen) atoms. The number of carbonyl (C=O) groups excluding carboxylic acids is 1. The van der Waals surface area contributed by atoms with Crippen molar-refractivity contribution in [2.75, 3.05) is 0 Å². The van der Waals surface area contributed by atoms with Crippen LogP contribution >= 0.6 is 11.6 Å². The standard InChI is InChI=1S/C15H11ClF2O/c1-9-2-3-10(12(16)6-9)8-15(19)11-4-5-13(17)14(18)7-11/h2-7H,8H2,1H3. The Morgan fingerprint density at radius 2 is 1.84 bits per heavy atom. The molecular weight excluding hydrogens is 270 g/mol. The van der Waals surface area contributed by atoms with Crippen molar-refractivity contribution < 1.29 is 13.6 Å². The Morgan fingerprint density at radius 3 is 2.47 bits per heavy atom. The van der Waals surface area contributed by atoms with Gasteiger partial charge in [0.25, 0.3) is 0 Å². The van der Waals surface area contributed by atoms with Gasteiger partial charge in [-0.05, 0) is 42.3 Å². The highest BCUT2D eigenvalue weighted by molar-refractivity contribution is 6.31. The number of carbonyl (C=O) groups is 1. The van der Waals surface area contributed by atoms with Gasteiger partial charge in [0.2, 0.25) is 0 Å². The molecule has 0 saturated carbocycles. The van der Waals surface area contributed by atoms with Gasteiger partial charge in [-0.3, -0.25) is 4.79 Å². The van der Waals surface area contributed by atoms with E-state index >= 15 is 0 Å². The monoisotopic (exact) mass is 280 g/mol. The van der Waals surface area contributed by atoms with E-state index in [0.29, 0.717) is 10.6 Å². The maximum Gasteiger partial charge on any atom is 0.167 e. The first-order valence-corrected chi connectivity index (χ1v) is 6.08. The van der Waals surface area contributed by atoms with Crippen LogP contribution in [0.1, 0.15) is 21.5 Å². The third-order valence-corrected chi connectivity index (χ3v) is 3.15. The molecule has 2 aromatic rings. The molecule has 0 aliphatic heterocycles. The van der Waals surface area contributed by atoms with Crippen molar-refractivity contribution >= 4 is 17.4 Å². The Morgan fingerprint density at radius 1 is 1.11 bits per heavy atom. The van der Waals surface area contributed by atoms with E-state index in [9.17, 15) is 13.6 Å². The van der Waals surface area contributed by atoms with Crippen LogP contribution in [0.5, 0.6) is 0 Å². The van der Waals surface area contributed by atoms with E-state index in [2.05, 4.69) is 0 Å². The highest BCUT2D eigenvalue weighted by Gasteiger charge is 2.12. The molecule has 0 aliphatic rings. The fourth-order valence-corrected chi connectivity index (χ4v) is 2.04. The van der Waals surface area contributed by atoms with Gasteiger partial charge < -0.3 is 0 Å². The van der Waals surface area contributed by atoms with Crippen molar-refractivity contribution in [1.82, 2.24) is 0 Å². The summed E-state index contributed by atoms with van der Waals surface area (Å²) in [5, 5.41) is 0.496. The number of hydrogen-bond donors (Lipinski definition) is 0. The number of ketones is 1. The van der Waals surface area contributed by atoms with Gasteiger partial charge in [0.05, 0.1) is 0 Å². The number of benzene rings is 2. The summed E-state index contributed by atoms with van der Waals surface area (Å²) >= 11 is 6.03. The smallest absolute Gasteiger partial charge is 0.167 e. The lowest BCUT2D eigenvalue weighted by Gasteiger charge is -2.05. The zero-order valence-electron chi connectivity index (χ0n) is 10.2. The molecule has 0 atom stereocenters. The molecule has 0 fully saturated rings. The molecule has 0 heterocycles. The van der Waals surface area contributed by atoms with Gasteiger partial charge in [-0.15, -0.1) is 0 Å². The van der Waals surface area contributed by atoms with Crippen LogP contribution < -0.4 is 0 Å². The molecule has 0 saturated heterocycles. The Labute approximate surface area is 114 Å². The summed E-state index contributed by atoms with van der Waals surface area (Å²) in [6.07, 6.45) is 0.0597. The van der Waals surface area contributed by atoms with Crippen LogP contribution in [0.25, 0.3) is 0 Å². The fourth-order valence-electron chi connectivity index (χ4n) is 1.74. The minimum atomic E-state index is -1.03. The minimum Gasteiger partial charge on any atom is -0.294 e. The van der Waals surface area contributed by atoms with E-state index in [1.165, 1.54) is 6.07 Å². The number of halogens is 3. The molecule has 2 rings (SSSR count). The van der Waals surface area contributed by atoms with E-state index < -0.39 is 11.6 Å². The Kier molecular flexibility index (Phi) is 3.96. The largest absolute Gasteiger partial charge is 0.294 e. The summed E-state index contributed by atoms with van der Waals surface area (Å²) in [4.78, 5) is 12.0. The normalized spacial score (nSPS) is 10.5. The van der Waals surface area contributed by atoms with Crippen LogP contribution in [0, 0.1) is 18.6 Å². The topological polar surface area (TPSA) is 17.1 Å². The van der Waals surface area contributed by atoms with Crippen LogP contribution in [0.3, 0.4) is 0 Å². The van der Waals surface area contributed by atoms with Gasteiger partial charge in [0, 0.05) is 17.0 Å². The van der Waals surface area contributed by atoms with Gasteiger partial charge in [0.15, 0.2) is 17.4 Å². The molecule has 2 aromatic carbocycles. The second-order valence-corrected chi connectivity index (χ2v) is 4.73. The Bertz CT molecular complexity index is 638. The molecule has 0 amide bonds. The second kappa shape index (κ2) is 5.49. The zero-order valence-corrected chi connectivity index (χ0v) is 11.0. The number of aryl methyl sites for hydroxylation is 1. The Balaban J connectivity index is 2.23. The fraction of sp³-hybridized carbons (Fsp3) is 0.133. The van der Waals surface area contributed by atoms with Crippen LogP contribution in [-0.2, 0) is 6.42 Å². The lowest BCUT2D eigenvalue weighted by atomic mass is 10.0. The predicted molar refractivity (Wildman–Crippen MR) is 70.6 cm³/mol. The minimum absolute atomic E-state index is 0.0597. The second-order valence-electron chi connectivity index (χ2n) is 4.32. The SMILES string of the molecule is Cc1ccc(CC(=O)c2ccc(F)c(F)c2)c(Cl)c1. The first kappa shape index (κ1) is 13.7. The van der Waals surface area contributed by atoms with Crippen molar-refractivity contribution in [2.45, 2.75) is 13.3 Å². The van der Waals surface area contributed by atoms with Gasteiger partial charge in [-0.25, -0.2) is 8.78 Å². The van der Waals surface area contributed by atoms with Crippen LogP contribution in [-0.4, -0.2) is 5.78 Å². The third-order valence-electron chi connectivity index (χ3n) is 2.80. The average molecular weight is 281 g/mol. The summed E-state index contributed by atoms with van der Waals surface area (Å²) in [5.74, 6) is -2.30. The number of rotatable bonds is 3. The van der Waals surface area contributed by atoms with Gasteiger partial charge in [-0.1, -0.05) is 23.7 Å². The summed E-state index contributed by atoms with van der Waals surface area (Å²) in [6.45, 7) is 1.90. The van der Waals surface area contributed by atoms with Gasteiger partial charge in [0.1, 0.15) is 0 Å². The molecule has 98 valence electrons. The zero-order chi connectivity index (χ0) is 14.0. The van der Waals surface area contributed by atoms with Crippen molar-refractivity contribution in [1.29, 1.82) is 0 Å². The van der Waals surface area contributed by atoms with E-state index in [1.54, 1.807) is 12.1 Å². The molecule has 0 radical (unpaired) electrons. The molecule has 0 N–H and O–H groups in total. The summed E-state index contributed by atoms with van der Waals surface area (Å²) < 4.78 is 25.8. The molecule has 0 aliphatic carbocycles. The quantitative estimate of drug-likeness (QED) is 0.764. The lowest BCUT2D eigenvalue weighted by molar-refractivity contribution is 0.0992. The van der Waals surface area contributed by atoms with E-state index in [4.69, 9.17) is 11.6 Å². The van der Waals surface area contributed by atoms with Crippen molar-refractivity contribution in [3.05, 3.63) is 69.7 Å². The highest BCUT2D eigenvalue weighted by atomic mass is 35.5. The van der Waals surface area contributed by atoms with E-state index in [1.807, 2.05) is 13.0 Å². The maximum absolute atomic E-state index is 13.1. The molecule has 1 nitrogen and oxygen atoms in total. The summed E-state index contributed by atoms with van der Waals surface area (Å²) in [5.41, 5.74) is 1.80. The lowest BCUT2D eigenvalue weighted by Crippen LogP contribution is -2.05. The highest BCUT2D eigenvalue weighted by Crippen LogP contribution is 2.20. The Hall–Kier alpha value is -1.74. The molecule has 0 unspecified atom stereocenters. The molecular formula is C15H11ClF2O. The van der Waals surface area contributed by atoms with Crippen LogP contribution in [0.2, 0.25) is 5.02 Å². The van der Waals surface area contributed by atoms with Crippen molar-refractivity contribution in [3.8, 4) is 0 Å². The first-order valence-electron chi connectivity index (χ1n) is 5.70. The van der Waals surface area contributed by atoms with Crippen LogP contribution in [0.4, 0.5) is 8.78 Å². The molecule has 0 aromatic heterocycles. The van der Waals surface area contributed by atoms with Crippen molar-refractivity contribution in [2.24, 2.45) is 0 Å². The van der Waals surface area contributed by atoms with E-state index in [0.717, 1.165) is 17.7 Å². The average Bonchev–Trinajstić information content (AvgIpc) is 2.36. The molecule has 0 spiro atoms. The van der Waals surface area contributed by atoms with Crippen molar-refractivity contribution in [3.63, 3.8) is 0 Å². The molecule has 4 heteroatoms.